The van der Waals surface area contributed by atoms with Crippen LogP contribution in [0.1, 0.15) is 43.9 Å². The number of para-hydroxylation sites is 1. The third kappa shape index (κ3) is 3.47. The molecule has 0 saturated heterocycles. The van der Waals surface area contributed by atoms with Crippen molar-refractivity contribution in [1.82, 2.24) is 0 Å². The fourth-order valence-corrected chi connectivity index (χ4v) is 3.80. The van der Waals surface area contributed by atoms with Gasteiger partial charge in [0.15, 0.2) is 0 Å². The second-order valence-corrected chi connectivity index (χ2v) is 7.56. The highest BCUT2D eigenvalue weighted by Gasteiger charge is 2.52. The summed E-state index contributed by atoms with van der Waals surface area (Å²) in [5, 5.41) is 3.46. The molecule has 3 rings (SSSR count). The number of hydrogen-bond donors (Lipinski definition) is 1. The number of aryl methyl sites for hydroxylation is 1. The van der Waals surface area contributed by atoms with Gasteiger partial charge in [0, 0.05) is 16.3 Å². The van der Waals surface area contributed by atoms with E-state index in [2.05, 4.69) is 5.32 Å². The molecule has 1 N–H and O–H groups in total. The second-order valence-electron chi connectivity index (χ2n) is 7.15. The Kier molecular flexibility index (Phi) is 5.66. The molecular formula is C22H24ClNO4. The molecule has 0 saturated carbocycles. The van der Waals surface area contributed by atoms with Gasteiger partial charge < -0.3 is 14.8 Å². The number of hydrogen-bond acceptors (Lipinski definition) is 4. The van der Waals surface area contributed by atoms with Crippen LogP contribution < -0.4 is 10.1 Å². The average molecular weight is 402 g/mol. The molecule has 28 heavy (non-hydrogen) atoms. The molecule has 0 spiro atoms. The molecule has 1 aliphatic rings. The van der Waals surface area contributed by atoms with E-state index in [4.69, 9.17) is 21.1 Å². The van der Waals surface area contributed by atoms with Gasteiger partial charge in [0.25, 0.3) is 0 Å². The molecule has 1 aliphatic heterocycles. The quantitative estimate of drug-likeness (QED) is 0.717. The van der Waals surface area contributed by atoms with Gasteiger partial charge >= 0.3 is 5.97 Å². The molecule has 1 unspecified atom stereocenters. The van der Waals surface area contributed by atoms with Gasteiger partial charge in [0.1, 0.15) is 11.2 Å². The van der Waals surface area contributed by atoms with Crippen LogP contribution in [0.25, 0.3) is 0 Å². The number of rotatable bonds is 6. The molecule has 6 heteroatoms. The summed E-state index contributed by atoms with van der Waals surface area (Å²) in [5.74, 6) is -0.194. The van der Waals surface area contributed by atoms with Crippen LogP contribution >= 0.6 is 11.6 Å². The van der Waals surface area contributed by atoms with Crippen LogP contribution in [0.3, 0.4) is 0 Å². The number of nitrogens with one attached hydrogen (secondary N) is 1. The number of anilines is 1. The zero-order valence-electron chi connectivity index (χ0n) is 16.5. The first-order valence-corrected chi connectivity index (χ1v) is 9.71. The number of ether oxygens (including phenoxy) is 2. The van der Waals surface area contributed by atoms with E-state index < -0.39 is 11.4 Å². The molecular weight excluding hydrogens is 378 g/mol. The van der Waals surface area contributed by atoms with Crippen molar-refractivity contribution in [3.8, 4) is 5.75 Å². The highest BCUT2D eigenvalue weighted by atomic mass is 35.5. The predicted molar refractivity (Wildman–Crippen MR) is 109 cm³/mol. The highest BCUT2D eigenvalue weighted by Crippen LogP contribution is 2.49. The number of benzene rings is 2. The third-order valence-electron chi connectivity index (χ3n) is 4.82. The molecule has 2 aromatic rings. The monoisotopic (exact) mass is 401 g/mol. The summed E-state index contributed by atoms with van der Waals surface area (Å²) in [6, 6.07) is 10.9. The minimum Gasteiger partial charge on any atom is -0.491 e. The van der Waals surface area contributed by atoms with Crippen molar-refractivity contribution in [2.24, 2.45) is 0 Å². The lowest BCUT2D eigenvalue weighted by Gasteiger charge is -2.30. The minimum atomic E-state index is -1.27. The van der Waals surface area contributed by atoms with E-state index >= 15 is 0 Å². The first-order chi connectivity index (χ1) is 13.3. The lowest BCUT2D eigenvalue weighted by molar-refractivity contribution is -0.145. The van der Waals surface area contributed by atoms with Crippen LogP contribution in [-0.2, 0) is 19.7 Å². The topological polar surface area (TPSA) is 64.6 Å². The Balaban J connectivity index is 2.27. The molecule has 5 nitrogen and oxygen atoms in total. The van der Waals surface area contributed by atoms with Gasteiger partial charge in [-0.15, -0.1) is 0 Å². The van der Waals surface area contributed by atoms with E-state index in [9.17, 15) is 9.59 Å². The van der Waals surface area contributed by atoms with Crippen molar-refractivity contribution in [1.29, 1.82) is 0 Å². The largest absolute Gasteiger partial charge is 0.491 e. The van der Waals surface area contributed by atoms with E-state index in [1.54, 1.807) is 13.0 Å². The predicted octanol–water partition coefficient (Wildman–Crippen LogP) is 4.63. The van der Waals surface area contributed by atoms with Crippen molar-refractivity contribution < 1.29 is 19.1 Å². The molecule has 1 atom stereocenters. The summed E-state index contributed by atoms with van der Waals surface area (Å²) in [4.78, 5) is 25.9. The maximum Gasteiger partial charge on any atom is 0.307 e. The first-order valence-electron chi connectivity index (χ1n) is 9.33. The molecule has 1 amide bonds. The maximum absolute atomic E-state index is 13.3. The summed E-state index contributed by atoms with van der Waals surface area (Å²) in [7, 11) is 0. The molecule has 0 aromatic heterocycles. The molecule has 0 radical (unpaired) electrons. The number of carbonyl (C=O) groups is 2. The molecule has 0 aliphatic carbocycles. The zero-order valence-corrected chi connectivity index (χ0v) is 17.2. The van der Waals surface area contributed by atoms with Gasteiger partial charge in [0.05, 0.1) is 19.1 Å². The first kappa shape index (κ1) is 20.2. The van der Waals surface area contributed by atoms with Crippen LogP contribution in [0.5, 0.6) is 5.75 Å². The van der Waals surface area contributed by atoms with Crippen LogP contribution in [0, 0.1) is 6.92 Å². The number of amides is 1. The lowest BCUT2D eigenvalue weighted by atomic mass is 9.72. The molecule has 148 valence electrons. The van der Waals surface area contributed by atoms with Crippen molar-refractivity contribution in [3.05, 3.63) is 58.1 Å². The fraction of sp³-hybridized carbons (Fsp3) is 0.364. The Morgan fingerprint density at radius 3 is 2.61 bits per heavy atom. The standard InChI is InChI=1S/C22H24ClNO4/c1-5-27-20(25)12-22(15-8-6-7-9-19(15)28-13(2)3)16-11-17(23)14(4)10-18(16)24-21(22)26/h6-11,13H,5,12H2,1-4H3,(H,24,26). The fourth-order valence-electron chi connectivity index (χ4n) is 3.63. The summed E-state index contributed by atoms with van der Waals surface area (Å²) in [5.41, 5.74) is 1.49. The van der Waals surface area contributed by atoms with E-state index in [-0.39, 0.29) is 25.0 Å². The van der Waals surface area contributed by atoms with Crippen LogP contribution in [0.2, 0.25) is 5.02 Å². The lowest BCUT2D eigenvalue weighted by Crippen LogP contribution is -2.39. The van der Waals surface area contributed by atoms with E-state index in [0.29, 0.717) is 27.6 Å². The average Bonchev–Trinajstić information content (AvgIpc) is 2.87. The Labute approximate surface area is 170 Å². The normalized spacial score (nSPS) is 18.0. The van der Waals surface area contributed by atoms with Crippen molar-refractivity contribution in [2.45, 2.75) is 45.6 Å². The van der Waals surface area contributed by atoms with E-state index in [1.807, 2.05) is 51.1 Å². The number of halogens is 1. The summed E-state index contributed by atoms with van der Waals surface area (Å²) in [6.45, 7) is 7.68. The summed E-state index contributed by atoms with van der Waals surface area (Å²) in [6.07, 6.45) is -0.233. The molecule has 1 heterocycles. The van der Waals surface area contributed by atoms with Gasteiger partial charge in [-0.05, 0) is 57.0 Å². The molecule has 0 fully saturated rings. The van der Waals surface area contributed by atoms with Gasteiger partial charge in [-0.1, -0.05) is 29.8 Å². The SMILES string of the molecule is CCOC(=O)CC1(c2ccccc2OC(C)C)C(=O)Nc2cc(C)c(Cl)cc21. The number of carbonyl (C=O) groups excluding carboxylic acids is 2. The minimum absolute atomic E-state index is 0.0914. The summed E-state index contributed by atoms with van der Waals surface area (Å²) < 4.78 is 11.2. The van der Waals surface area contributed by atoms with Crippen molar-refractivity contribution in [3.63, 3.8) is 0 Å². The Morgan fingerprint density at radius 2 is 1.93 bits per heavy atom. The van der Waals surface area contributed by atoms with Gasteiger partial charge in [-0.25, -0.2) is 0 Å². The third-order valence-corrected chi connectivity index (χ3v) is 5.23. The molecule has 0 bridgehead atoms. The van der Waals surface area contributed by atoms with Gasteiger partial charge in [-0.2, -0.15) is 0 Å². The molecule has 2 aromatic carbocycles. The zero-order chi connectivity index (χ0) is 20.5. The smallest absolute Gasteiger partial charge is 0.307 e. The van der Waals surface area contributed by atoms with Gasteiger partial charge in [-0.3, -0.25) is 9.59 Å². The number of esters is 1. The van der Waals surface area contributed by atoms with Crippen molar-refractivity contribution in [2.75, 3.05) is 11.9 Å². The van der Waals surface area contributed by atoms with Crippen LogP contribution in [-0.4, -0.2) is 24.6 Å². The number of fused-ring (bicyclic) bond motifs is 1. The summed E-state index contributed by atoms with van der Waals surface area (Å²) >= 11 is 6.39. The second kappa shape index (κ2) is 7.84. The Morgan fingerprint density at radius 1 is 1.21 bits per heavy atom. The maximum atomic E-state index is 13.3. The van der Waals surface area contributed by atoms with Gasteiger partial charge in [0.2, 0.25) is 5.91 Å². The Bertz CT molecular complexity index is 925. The van der Waals surface area contributed by atoms with E-state index in [0.717, 1.165) is 5.56 Å². The van der Waals surface area contributed by atoms with Crippen LogP contribution in [0.4, 0.5) is 5.69 Å². The van der Waals surface area contributed by atoms with Crippen molar-refractivity contribution >= 4 is 29.2 Å². The Hall–Kier alpha value is -2.53. The highest BCUT2D eigenvalue weighted by molar-refractivity contribution is 6.31. The van der Waals surface area contributed by atoms with Crippen LogP contribution in [0.15, 0.2) is 36.4 Å². The van der Waals surface area contributed by atoms with E-state index in [1.165, 1.54) is 0 Å².